The number of pyridine rings is 1. The van der Waals surface area contributed by atoms with Gasteiger partial charge >= 0.3 is 1.43 Å². The Bertz CT molecular complexity index is 325. The third-order valence-electron chi connectivity index (χ3n) is 1.71. The van der Waals surface area contributed by atoms with Crippen molar-refractivity contribution in [1.29, 1.82) is 0 Å². The summed E-state index contributed by atoms with van der Waals surface area (Å²) in [4.78, 5) is 18.3. The van der Waals surface area contributed by atoms with Gasteiger partial charge in [0.1, 0.15) is 12.3 Å². The first-order valence-electron chi connectivity index (χ1n) is 3.34. The van der Waals surface area contributed by atoms with Gasteiger partial charge in [-0.3, -0.25) is 9.98 Å². The van der Waals surface area contributed by atoms with E-state index in [9.17, 15) is 4.79 Å². The molecule has 1 aliphatic rings. The number of aromatic nitrogens is 1. The maximum Gasteiger partial charge on any atom is 1.00 e. The number of carbonyl (C=O) groups is 1. The molecule has 1 unspecified atom stereocenters. The Hall–Kier alpha value is -1.51. The first kappa shape index (κ1) is 6.22. The summed E-state index contributed by atoms with van der Waals surface area (Å²) in [7, 11) is 0. The van der Waals surface area contributed by atoms with Crippen LogP contribution in [0.15, 0.2) is 23.5 Å². The number of nitrogens with zero attached hydrogens (tertiary/aromatic N) is 2. The topological polar surface area (TPSA) is 42.3 Å². The summed E-state index contributed by atoms with van der Waals surface area (Å²) in [5.41, 5.74) is 1.90. The predicted octanol–water partition coefficient (Wildman–Crippen LogP) is 0.867. The number of hydrogen-bond acceptors (Lipinski definition) is 3. The fourth-order valence-corrected chi connectivity index (χ4v) is 1.14. The number of carbonyl (C=O) groups excluding carboxylic acids is 1. The molecule has 0 aliphatic carbocycles. The first-order chi connectivity index (χ1) is 5.42. The van der Waals surface area contributed by atoms with Gasteiger partial charge in [-0.15, -0.1) is 0 Å². The van der Waals surface area contributed by atoms with E-state index in [0.29, 0.717) is 0 Å². The van der Waals surface area contributed by atoms with Crippen LogP contribution < -0.4 is 0 Å². The molecule has 1 aliphatic heterocycles. The second-order valence-corrected chi connectivity index (χ2v) is 2.36. The van der Waals surface area contributed by atoms with Gasteiger partial charge in [-0.2, -0.15) is 0 Å². The SMILES string of the molecule is O=CC1N=Cc2cnccc21.[H+]. The number of aldehydes is 1. The Kier molecular flexibility index (Phi) is 1.28. The van der Waals surface area contributed by atoms with E-state index >= 15 is 0 Å². The van der Waals surface area contributed by atoms with Crippen molar-refractivity contribution >= 4 is 12.5 Å². The Labute approximate surface area is 65.3 Å². The maximum absolute atomic E-state index is 10.4. The highest BCUT2D eigenvalue weighted by Crippen LogP contribution is 2.22. The fraction of sp³-hybridized carbons (Fsp3) is 0.125. The first-order valence-corrected chi connectivity index (χ1v) is 3.34. The predicted molar refractivity (Wildman–Crippen MR) is 41.7 cm³/mol. The van der Waals surface area contributed by atoms with E-state index in [0.717, 1.165) is 17.4 Å². The smallest absolute Gasteiger partial charge is 0.301 e. The van der Waals surface area contributed by atoms with Gasteiger partial charge in [-0.05, 0) is 11.6 Å². The normalized spacial score (nSPS) is 19.8. The van der Waals surface area contributed by atoms with Crippen LogP contribution in [0.1, 0.15) is 18.6 Å². The molecule has 0 aromatic carbocycles. The highest BCUT2D eigenvalue weighted by Gasteiger charge is 2.16. The van der Waals surface area contributed by atoms with E-state index in [4.69, 9.17) is 0 Å². The molecular weight excluding hydrogens is 140 g/mol. The van der Waals surface area contributed by atoms with Gasteiger partial charge in [0.05, 0.1) is 0 Å². The van der Waals surface area contributed by atoms with Gasteiger partial charge < -0.3 is 4.79 Å². The monoisotopic (exact) mass is 147 g/mol. The van der Waals surface area contributed by atoms with Gasteiger partial charge in [0.15, 0.2) is 0 Å². The van der Waals surface area contributed by atoms with Crippen LogP contribution in [0, 0.1) is 0 Å². The van der Waals surface area contributed by atoms with E-state index in [1.165, 1.54) is 0 Å². The zero-order valence-electron chi connectivity index (χ0n) is 6.77. The Morgan fingerprint density at radius 1 is 1.64 bits per heavy atom. The van der Waals surface area contributed by atoms with Crippen molar-refractivity contribution in [1.82, 2.24) is 4.98 Å². The Morgan fingerprint density at radius 3 is 3.36 bits per heavy atom. The minimum absolute atomic E-state index is 0. The summed E-state index contributed by atoms with van der Waals surface area (Å²) in [5.74, 6) is 0. The quantitative estimate of drug-likeness (QED) is 0.553. The Balaban J connectivity index is 0.000000720. The van der Waals surface area contributed by atoms with E-state index < -0.39 is 0 Å². The second-order valence-electron chi connectivity index (χ2n) is 2.36. The molecule has 2 heterocycles. The van der Waals surface area contributed by atoms with E-state index in [2.05, 4.69) is 9.98 Å². The van der Waals surface area contributed by atoms with Crippen molar-refractivity contribution in [3.05, 3.63) is 29.6 Å². The lowest BCUT2D eigenvalue weighted by atomic mass is 10.1. The average Bonchev–Trinajstić information content (AvgIpc) is 2.47. The summed E-state index contributed by atoms with van der Waals surface area (Å²) in [6.45, 7) is 0. The molecule has 0 N–H and O–H groups in total. The third kappa shape index (κ3) is 0.852. The molecule has 0 bridgehead atoms. The van der Waals surface area contributed by atoms with Gasteiger partial charge in [0, 0.05) is 24.2 Å². The van der Waals surface area contributed by atoms with Crippen molar-refractivity contribution in [2.45, 2.75) is 6.04 Å². The molecule has 0 spiro atoms. The van der Waals surface area contributed by atoms with Crippen LogP contribution in [0.4, 0.5) is 0 Å². The summed E-state index contributed by atoms with van der Waals surface area (Å²) in [6.07, 6.45) is 5.90. The number of rotatable bonds is 1. The van der Waals surface area contributed by atoms with Gasteiger partial charge in [0.2, 0.25) is 0 Å². The molecule has 0 saturated heterocycles. The minimum atomic E-state index is -0.298. The highest BCUT2D eigenvalue weighted by molar-refractivity contribution is 5.88. The molecule has 3 nitrogen and oxygen atoms in total. The average molecular weight is 147 g/mol. The molecular formula is C8H7N2O+. The highest BCUT2D eigenvalue weighted by atomic mass is 16.1. The van der Waals surface area contributed by atoms with Crippen LogP contribution in [0.25, 0.3) is 0 Å². The molecule has 54 valence electrons. The standard InChI is InChI=1S/C8H6N2O/c11-5-8-7-1-2-9-3-6(7)4-10-8/h1-5,8H/p+1. The molecule has 1 aromatic rings. The van der Waals surface area contributed by atoms with Crippen LogP contribution in [0.5, 0.6) is 0 Å². The van der Waals surface area contributed by atoms with Gasteiger partial charge in [-0.25, -0.2) is 0 Å². The summed E-state index contributed by atoms with van der Waals surface area (Å²) < 4.78 is 0. The molecule has 0 amide bonds. The van der Waals surface area contributed by atoms with Crippen molar-refractivity contribution in [3.8, 4) is 0 Å². The van der Waals surface area contributed by atoms with Crippen molar-refractivity contribution in [2.24, 2.45) is 4.99 Å². The van der Waals surface area contributed by atoms with Crippen LogP contribution >= 0.6 is 0 Å². The summed E-state index contributed by atoms with van der Waals surface area (Å²) >= 11 is 0. The van der Waals surface area contributed by atoms with E-state index in [1.807, 2.05) is 6.07 Å². The number of aliphatic imine (C=N–C) groups is 1. The minimum Gasteiger partial charge on any atom is -0.301 e. The number of hydrogen-bond donors (Lipinski definition) is 0. The van der Waals surface area contributed by atoms with Gasteiger partial charge in [-0.1, -0.05) is 0 Å². The summed E-state index contributed by atoms with van der Waals surface area (Å²) in [5, 5.41) is 0. The molecule has 1 atom stereocenters. The zero-order chi connectivity index (χ0) is 7.68. The van der Waals surface area contributed by atoms with E-state index in [-0.39, 0.29) is 7.47 Å². The van der Waals surface area contributed by atoms with E-state index in [1.54, 1.807) is 18.6 Å². The third-order valence-corrected chi connectivity index (χ3v) is 1.71. The molecule has 0 saturated carbocycles. The Morgan fingerprint density at radius 2 is 2.55 bits per heavy atom. The number of fused-ring (bicyclic) bond motifs is 1. The lowest BCUT2D eigenvalue weighted by Crippen LogP contribution is -1.93. The van der Waals surface area contributed by atoms with Crippen molar-refractivity contribution in [3.63, 3.8) is 0 Å². The largest absolute Gasteiger partial charge is 1.00 e. The molecule has 2 rings (SSSR count). The second kappa shape index (κ2) is 2.27. The van der Waals surface area contributed by atoms with Crippen LogP contribution in [0.3, 0.4) is 0 Å². The molecule has 0 radical (unpaired) electrons. The van der Waals surface area contributed by atoms with Crippen molar-refractivity contribution < 1.29 is 6.22 Å². The summed E-state index contributed by atoms with van der Waals surface area (Å²) in [6, 6.07) is 1.52. The van der Waals surface area contributed by atoms with Crippen molar-refractivity contribution in [2.75, 3.05) is 0 Å². The lowest BCUT2D eigenvalue weighted by Gasteiger charge is -1.98. The van der Waals surface area contributed by atoms with Crippen LogP contribution in [-0.4, -0.2) is 17.5 Å². The maximum atomic E-state index is 10.4. The fourth-order valence-electron chi connectivity index (χ4n) is 1.14. The molecule has 11 heavy (non-hydrogen) atoms. The lowest BCUT2D eigenvalue weighted by molar-refractivity contribution is -0.108. The van der Waals surface area contributed by atoms with Crippen LogP contribution in [0.2, 0.25) is 0 Å². The van der Waals surface area contributed by atoms with Crippen LogP contribution in [-0.2, 0) is 4.79 Å². The zero-order valence-corrected chi connectivity index (χ0v) is 5.77. The molecule has 0 fully saturated rings. The molecule has 1 aromatic heterocycles. The molecule has 3 heteroatoms. The van der Waals surface area contributed by atoms with Gasteiger partial charge in [0.25, 0.3) is 0 Å².